The van der Waals surface area contributed by atoms with Crippen molar-refractivity contribution in [2.45, 2.75) is 12.5 Å². The van der Waals surface area contributed by atoms with Crippen LogP contribution in [0.1, 0.15) is 12.5 Å². The molecule has 0 N–H and O–H groups in total. The summed E-state index contributed by atoms with van der Waals surface area (Å²) in [5.41, 5.74) is 2.97. The summed E-state index contributed by atoms with van der Waals surface area (Å²) in [4.78, 5) is 11.8. The van der Waals surface area contributed by atoms with E-state index in [1.807, 2.05) is 36.5 Å². The molecule has 3 heterocycles. The SMILES string of the molecule is COc1cccc(-c2nc3cccnc3n2C2CCN(C)C2)c1. The predicted molar refractivity (Wildman–Crippen MR) is 90.7 cm³/mol. The van der Waals surface area contributed by atoms with Crippen LogP contribution in [0, 0.1) is 0 Å². The van der Waals surface area contributed by atoms with E-state index < -0.39 is 0 Å². The summed E-state index contributed by atoms with van der Waals surface area (Å²) >= 11 is 0. The first-order valence-electron chi connectivity index (χ1n) is 7.92. The van der Waals surface area contributed by atoms with E-state index in [-0.39, 0.29) is 0 Å². The third-order valence-corrected chi connectivity index (χ3v) is 4.51. The number of methoxy groups -OCH3 is 1. The highest BCUT2D eigenvalue weighted by atomic mass is 16.5. The average molecular weight is 308 g/mol. The minimum Gasteiger partial charge on any atom is -0.497 e. The summed E-state index contributed by atoms with van der Waals surface area (Å²) in [6, 6.07) is 12.5. The Morgan fingerprint density at radius 3 is 2.91 bits per heavy atom. The second-order valence-electron chi connectivity index (χ2n) is 6.09. The summed E-state index contributed by atoms with van der Waals surface area (Å²) in [6.45, 7) is 2.13. The van der Waals surface area contributed by atoms with Crippen molar-refractivity contribution in [1.82, 2.24) is 19.4 Å². The fourth-order valence-corrected chi connectivity index (χ4v) is 3.36. The number of fused-ring (bicyclic) bond motifs is 1. The molecule has 5 nitrogen and oxygen atoms in total. The molecule has 1 unspecified atom stereocenters. The fourth-order valence-electron chi connectivity index (χ4n) is 3.36. The minimum absolute atomic E-state index is 0.404. The lowest BCUT2D eigenvalue weighted by atomic mass is 10.1. The van der Waals surface area contributed by atoms with Crippen molar-refractivity contribution in [2.75, 3.05) is 27.2 Å². The van der Waals surface area contributed by atoms with Crippen molar-refractivity contribution in [3.63, 3.8) is 0 Å². The molecule has 118 valence electrons. The molecule has 0 aliphatic carbocycles. The van der Waals surface area contributed by atoms with Crippen LogP contribution in [0.4, 0.5) is 0 Å². The third kappa shape index (κ3) is 2.47. The van der Waals surface area contributed by atoms with Gasteiger partial charge in [0.25, 0.3) is 0 Å². The molecule has 1 aromatic carbocycles. The molecule has 1 fully saturated rings. The number of likely N-dealkylation sites (tertiary alicyclic amines) is 1. The molecule has 1 saturated heterocycles. The second-order valence-corrected chi connectivity index (χ2v) is 6.09. The number of rotatable bonds is 3. The van der Waals surface area contributed by atoms with Gasteiger partial charge in [0, 0.05) is 18.3 Å². The van der Waals surface area contributed by atoms with Gasteiger partial charge in [0.2, 0.25) is 0 Å². The molecule has 1 aliphatic heterocycles. The van der Waals surface area contributed by atoms with Crippen LogP contribution in [-0.4, -0.2) is 46.7 Å². The first-order valence-corrected chi connectivity index (χ1v) is 7.92. The molecule has 0 spiro atoms. The topological polar surface area (TPSA) is 43.2 Å². The summed E-state index contributed by atoms with van der Waals surface area (Å²) in [6.07, 6.45) is 2.96. The van der Waals surface area contributed by atoms with Crippen molar-refractivity contribution >= 4 is 11.2 Å². The molecule has 0 saturated carbocycles. The first-order chi connectivity index (χ1) is 11.3. The van der Waals surface area contributed by atoms with Crippen LogP contribution >= 0.6 is 0 Å². The number of likely N-dealkylation sites (N-methyl/N-ethyl adjacent to an activating group) is 1. The number of aromatic nitrogens is 3. The molecular formula is C18H20N4O. The van der Waals surface area contributed by atoms with E-state index in [4.69, 9.17) is 9.72 Å². The Labute approximate surface area is 135 Å². The Morgan fingerprint density at radius 1 is 1.22 bits per heavy atom. The molecule has 2 aromatic heterocycles. The predicted octanol–water partition coefficient (Wildman–Crippen LogP) is 2.98. The van der Waals surface area contributed by atoms with Gasteiger partial charge in [-0.25, -0.2) is 9.97 Å². The number of hydrogen-bond acceptors (Lipinski definition) is 4. The number of ether oxygens (including phenoxy) is 1. The maximum absolute atomic E-state index is 5.37. The Morgan fingerprint density at radius 2 is 2.13 bits per heavy atom. The van der Waals surface area contributed by atoms with Crippen LogP contribution in [0.15, 0.2) is 42.6 Å². The Bertz CT molecular complexity index is 842. The first kappa shape index (κ1) is 14.2. The van der Waals surface area contributed by atoms with Crippen LogP contribution in [-0.2, 0) is 0 Å². The zero-order valence-electron chi connectivity index (χ0n) is 13.4. The maximum atomic E-state index is 5.37. The molecule has 1 atom stereocenters. The van der Waals surface area contributed by atoms with Gasteiger partial charge in [0.1, 0.15) is 17.1 Å². The molecule has 0 radical (unpaired) electrons. The van der Waals surface area contributed by atoms with Crippen molar-refractivity contribution in [3.05, 3.63) is 42.6 Å². The second kappa shape index (κ2) is 5.66. The van der Waals surface area contributed by atoms with Crippen LogP contribution in [0.3, 0.4) is 0 Å². The molecule has 3 aromatic rings. The van der Waals surface area contributed by atoms with Gasteiger partial charge in [-0.3, -0.25) is 0 Å². The highest BCUT2D eigenvalue weighted by Gasteiger charge is 2.26. The van der Waals surface area contributed by atoms with Crippen molar-refractivity contribution in [1.29, 1.82) is 0 Å². The highest BCUT2D eigenvalue weighted by molar-refractivity contribution is 5.77. The van der Waals surface area contributed by atoms with Crippen molar-refractivity contribution in [2.24, 2.45) is 0 Å². The zero-order valence-corrected chi connectivity index (χ0v) is 13.4. The van der Waals surface area contributed by atoms with Crippen molar-refractivity contribution < 1.29 is 4.74 Å². The lowest BCUT2D eigenvalue weighted by Gasteiger charge is -2.16. The van der Waals surface area contributed by atoms with Gasteiger partial charge >= 0.3 is 0 Å². The summed E-state index contributed by atoms with van der Waals surface area (Å²) in [5, 5.41) is 0. The average Bonchev–Trinajstić information content (AvgIpc) is 3.18. The van der Waals surface area contributed by atoms with Gasteiger partial charge in [-0.15, -0.1) is 0 Å². The lowest BCUT2D eigenvalue weighted by molar-refractivity contribution is 0.395. The van der Waals surface area contributed by atoms with Crippen molar-refractivity contribution in [3.8, 4) is 17.1 Å². The highest BCUT2D eigenvalue weighted by Crippen LogP contribution is 2.32. The standard InChI is InChI=1S/C18H20N4O/c1-21-10-8-14(12-21)22-17(13-5-3-6-15(11-13)23-2)20-16-7-4-9-19-18(16)22/h3-7,9,11,14H,8,10,12H2,1-2H3. The summed E-state index contributed by atoms with van der Waals surface area (Å²) < 4.78 is 7.67. The Balaban J connectivity index is 1.91. The zero-order chi connectivity index (χ0) is 15.8. The molecule has 23 heavy (non-hydrogen) atoms. The van der Waals surface area contributed by atoms with Crippen LogP contribution < -0.4 is 4.74 Å². The van der Waals surface area contributed by atoms with E-state index in [2.05, 4.69) is 27.6 Å². The summed E-state index contributed by atoms with van der Waals surface area (Å²) in [5.74, 6) is 1.82. The number of benzene rings is 1. The normalized spacial score (nSPS) is 18.6. The van der Waals surface area contributed by atoms with Gasteiger partial charge < -0.3 is 14.2 Å². The minimum atomic E-state index is 0.404. The number of pyridine rings is 1. The Hall–Kier alpha value is -2.40. The van der Waals surface area contributed by atoms with Gasteiger partial charge in [-0.1, -0.05) is 12.1 Å². The maximum Gasteiger partial charge on any atom is 0.160 e. The molecular weight excluding hydrogens is 288 g/mol. The van der Waals surface area contributed by atoms with Crippen LogP contribution in [0.2, 0.25) is 0 Å². The van der Waals surface area contributed by atoms with E-state index in [0.29, 0.717) is 6.04 Å². The molecule has 0 amide bonds. The van der Waals surface area contributed by atoms with Gasteiger partial charge in [-0.2, -0.15) is 0 Å². The van der Waals surface area contributed by atoms with Gasteiger partial charge in [0.15, 0.2) is 5.65 Å². The van der Waals surface area contributed by atoms with E-state index in [9.17, 15) is 0 Å². The lowest BCUT2D eigenvalue weighted by Crippen LogP contribution is -2.17. The van der Waals surface area contributed by atoms with E-state index >= 15 is 0 Å². The Kier molecular flexibility index (Phi) is 3.50. The van der Waals surface area contributed by atoms with E-state index in [1.54, 1.807) is 7.11 Å². The third-order valence-electron chi connectivity index (χ3n) is 4.51. The molecule has 0 bridgehead atoms. The molecule has 1 aliphatic rings. The smallest absolute Gasteiger partial charge is 0.160 e. The van der Waals surface area contributed by atoms with Crippen LogP contribution in [0.25, 0.3) is 22.6 Å². The van der Waals surface area contributed by atoms with Crippen LogP contribution in [0.5, 0.6) is 5.75 Å². The van der Waals surface area contributed by atoms with E-state index in [1.165, 1.54) is 0 Å². The number of nitrogens with zero attached hydrogens (tertiary/aromatic N) is 4. The van der Waals surface area contributed by atoms with Gasteiger partial charge in [-0.05, 0) is 44.3 Å². The quantitative estimate of drug-likeness (QED) is 0.746. The van der Waals surface area contributed by atoms with E-state index in [0.717, 1.165) is 47.8 Å². The monoisotopic (exact) mass is 308 g/mol. The number of imidazole rings is 1. The molecule has 4 rings (SSSR count). The molecule has 5 heteroatoms. The summed E-state index contributed by atoms with van der Waals surface area (Å²) in [7, 11) is 3.85. The fraction of sp³-hybridized carbons (Fsp3) is 0.333. The largest absolute Gasteiger partial charge is 0.497 e. The van der Waals surface area contributed by atoms with Gasteiger partial charge in [0.05, 0.1) is 13.2 Å². The number of hydrogen-bond donors (Lipinski definition) is 0.